The van der Waals surface area contributed by atoms with Crippen LogP contribution in [0.25, 0.3) is 0 Å². The summed E-state index contributed by atoms with van der Waals surface area (Å²) in [4.78, 5) is 45.5. The van der Waals surface area contributed by atoms with Gasteiger partial charge in [-0.05, 0) is 84.3 Å². The van der Waals surface area contributed by atoms with E-state index in [0.29, 0.717) is 21.5 Å². The number of nitrogens with one attached hydrogen (secondary N) is 1. The number of carbonyl (C=O) groups excluding carboxylic acids is 2. The lowest BCUT2D eigenvalue weighted by atomic mass is 9.68. The Labute approximate surface area is 264 Å². The number of ether oxygens (including phenoxy) is 1. The number of aromatic amines is 1. The number of aromatic nitrogens is 1. The molecule has 4 aromatic rings. The van der Waals surface area contributed by atoms with Crippen LogP contribution in [0.2, 0.25) is 10.0 Å². The molecule has 8 rings (SSSR count). The van der Waals surface area contributed by atoms with Gasteiger partial charge >= 0.3 is 4.87 Å². The highest BCUT2D eigenvalue weighted by atomic mass is 35.5. The average molecular weight is 654 g/mol. The van der Waals surface area contributed by atoms with Crippen LogP contribution in [-0.2, 0) is 16.2 Å². The van der Waals surface area contributed by atoms with E-state index in [1.807, 2.05) is 36.4 Å². The van der Waals surface area contributed by atoms with E-state index >= 15 is 0 Å². The van der Waals surface area contributed by atoms with Crippen LogP contribution in [0, 0.1) is 35.4 Å². The van der Waals surface area contributed by atoms with Gasteiger partial charge in [-0.25, -0.2) is 4.39 Å². The number of imide groups is 1. The number of thioether (sulfide) groups is 1. The van der Waals surface area contributed by atoms with E-state index in [1.54, 1.807) is 17.8 Å². The maximum Gasteiger partial charge on any atom is 0.305 e. The second kappa shape index (κ2) is 10.2. The second-order valence-corrected chi connectivity index (χ2v) is 14.6. The van der Waals surface area contributed by atoms with Gasteiger partial charge in [0.1, 0.15) is 18.2 Å². The maximum absolute atomic E-state index is 13.9. The molecule has 3 fully saturated rings. The number of carbonyl (C=O) groups is 2. The summed E-state index contributed by atoms with van der Waals surface area (Å²) >= 11 is 15.6. The van der Waals surface area contributed by atoms with Gasteiger partial charge in [0, 0.05) is 31.7 Å². The SMILES string of the molecule is O=C1[C@H]2[C@H]3C[C@@H]([C@@H]2C(=O)N1c1ccc(F)cc1)[C@H]1[C@H](c2cc(Cl)ccc2OCc2cccc(Cl)c2)c2sc(=O)[nH]c2S[C@H]31. The maximum atomic E-state index is 13.9. The van der Waals surface area contributed by atoms with Gasteiger partial charge in [-0.2, -0.15) is 0 Å². The molecule has 4 aliphatic rings. The third-order valence-corrected chi connectivity index (χ3v) is 12.5. The molecule has 7 atom stereocenters. The van der Waals surface area contributed by atoms with E-state index in [2.05, 4.69) is 4.98 Å². The van der Waals surface area contributed by atoms with Crippen molar-refractivity contribution in [2.75, 3.05) is 4.90 Å². The molecule has 1 N–H and O–H groups in total. The number of anilines is 1. The van der Waals surface area contributed by atoms with Crippen LogP contribution >= 0.6 is 46.3 Å². The molecule has 2 amide bonds. The molecule has 0 spiro atoms. The molecule has 6 nitrogen and oxygen atoms in total. The summed E-state index contributed by atoms with van der Waals surface area (Å²) in [5.74, 6) is -1.54. The lowest BCUT2D eigenvalue weighted by Gasteiger charge is -2.43. The molecule has 1 aromatic heterocycles. The van der Waals surface area contributed by atoms with E-state index in [9.17, 15) is 18.8 Å². The van der Waals surface area contributed by atoms with Crippen molar-refractivity contribution in [1.29, 1.82) is 0 Å². The summed E-state index contributed by atoms with van der Waals surface area (Å²) in [5.41, 5.74) is 2.17. The third-order valence-electron chi connectivity index (χ3n) is 9.40. The zero-order chi connectivity index (χ0) is 29.6. The minimum Gasteiger partial charge on any atom is -0.489 e. The molecule has 1 saturated heterocycles. The number of rotatable bonds is 5. The molecular weight excluding hydrogens is 630 g/mol. The quantitative estimate of drug-likeness (QED) is 0.232. The summed E-state index contributed by atoms with van der Waals surface area (Å²) in [6.07, 6.45) is 0.751. The average Bonchev–Trinajstić information content (AvgIpc) is 3.72. The highest BCUT2D eigenvalue weighted by Gasteiger charge is 2.69. The van der Waals surface area contributed by atoms with E-state index < -0.39 is 17.7 Å². The Morgan fingerprint density at radius 3 is 2.44 bits per heavy atom. The number of hydrogen-bond donors (Lipinski definition) is 1. The summed E-state index contributed by atoms with van der Waals surface area (Å²) in [5, 5.41) is 1.98. The van der Waals surface area contributed by atoms with Crippen molar-refractivity contribution in [3.05, 3.63) is 108 Å². The molecule has 218 valence electrons. The predicted molar refractivity (Wildman–Crippen MR) is 165 cm³/mol. The van der Waals surface area contributed by atoms with Gasteiger partial charge < -0.3 is 9.72 Å². The van der Waals surface area contributed by atoms with E-state index in [0.717, 1.165) is 27.5 Å². The van der Waals surface area contributed by atoms with Gasteiger partial charge in [-0.1, -0.05) is 46.7 Å². The van der Waals surface area contributed by atoms with Crippen molar-refractivity contribution >= 4 is 63.8 Å². The van der Waals surface area contributed by atoms with Crippen LogP contribution in [0.4, 0.5) is 10.1 Å². The molecule has 11 heteroatoms. The standard InChI is InChI=1S/C32H23Cl2FN2O4S2/c33-15-3-1-2-14(10-15)13-41-22-9-4-16(34)11-19(22)23-24-20-12-21(27(24)42-29-28(23)43-32(40)36-29)26-25(20)30(38)37(31(26)39)18-7-5-17(35)6-8-18/h1-11,20-21,23-27H,12-13H2,(H,36,40)/t20-,21-,23+,24+,25+,26+,27-/m1/s1. The number of halogens is 3. The van der Waals surface area contributed by atoms with Crippen molar-refractivity contribution in [2.24, 2.45) is 29.6 Å². The first kappa shape index (κ1) is 27.4. The fourth-order valence-corrected chi connectivity index (χ4v) is 11.2. The van der Waals surface area contributed by atoms with Crippen molar-refractivity contribution < 1.29 is 18.7 Å². The van der Waals surface area contributed by atoms with Gasteiger partial charge in [0.15, 0.2) is 0 Å². The van der Waals surface area contributed by atoms with E-state index in [4.69, 9.17) is 27.9 Å². The van der Waals surface area contributed by atoms with Crippen LogP contribution < -0.4 is 14.5 Å². The minimum atomic E-state index is -0.473. The summed E-state index contributed by atoms with van der Waals surface area (Å²) in [6, 6.07) is 18.5. The van der Waals surface area contributed by atoms with Crippen LogP contribution in [0.3, 0.4) is 0 Å². The Balaban J connectivity index is 1.20. The predicted octanol–water partition coefficient (Wildman–Crippen LogP) is 7.14. The molecule has 3 heterocycles. The molecule has 0 radical (unpaired) electrons. The van der Waals surface area contributed by atoms with E-state index in [-0.39, 0.29) is 52.2 Å². The van der Waals surface area contributed by atoms with Gasteiger partial charge in [0.05, 0.1) is 22.5 Å². The Morgan fingerprint density at radius 1 is 0.930 bits per heavy atom. The van der Waals surface area contributed by atoms with Gasteiger partial charge in [-0.3, -0.25) is 19.3 Å². The zero-order valence-corrected chi connectivity index (χ0v) is 25.5. The van der Waals surface area contributed by atoms with Gasteiger partial charge in [0.2, 0.25) is 11.8 Å². The van der Waals surface area contributed by atoms with Crippen molar-refractivity contribution in [1.82, 2.24) is 4.98 Å². The number of hydrogen-bond acceptors (Lipinski definition) is 6. The number of thiazole rings is 1. The Morgan fingerprint density at radius 2 is 1.67 bits per heavy atom. The van der Waals surface area contributed by atoms with Crippen LogP contribution in [-0.4, -0.2) is 22.0 Å². The number of H-pyrrole nitrogens is 1. The van der Waals surface area contributed by atoms with Crippen molar-refractivity contribution in [2.45, 2.75) is 29.2 Å². The summed E-state index contributed by atoms with van der Waals surface area (Å²) in [7, 11) is 0. The molecular formula is C32H23Cl2FN2O4S2. The van der Waals surface area contributed by atoms with Crippen molar-refractivity contribution in [3.63, 3.8) is 0 Å². The molecule has 2 bridgehead atoms. The molecule has 43 heavy (non-hydrogen) atoms. The largest absolute Gasteiger partial charge is 0.489 e. The number of benzene rings is 3. The number of amides is 2. The molecule has 0 unspecified atom stereocenters. The Kier molecular flexibility index (Phi) is 6.53. The van der Waals surface area contributed by atoms with Crippen LogP contribution in [0.1, 0.15) is 28.3 Å². The monoisotopic (exact) mass is 652 g/mol. The normalized spacial score (nSPS) is 28.6. The first-order valence-corrected chi connectivity index (χ1v) is 16.4. The summed E-state index contributed by atoms with van der Waals surface area (Å²) < 4.78 is 20.0. The smallest absolute Gasteiger partial charge is 0.305 e. The minimum absolute atomic E-state index is 0.0127. The third kappa shape index (κ3) is 4.30. The second-order valence-electron chi connectivity index (χ2n) is 11.5. The summed E-state index contributed by atoms with van der Waals surface area (Å²) in [6.45, 7) is 0.289. The fraction of sp³-hybridized carbons (Fsp3) is 0.281. The Bertz CT molecular complexity index is 1860. The van der Waals surface area contributed by atoms with Crippen molar-refractivity contribution in [3.8, 4) is 5.75 Å². The number of nitrogens with zero attached hydrogens (tertiary/aromatic N) is 1. The van der Waals surface area contributed by atoms with Crippen LogP contribution in [0.15, 0.2) is 76.6 Å². The fourth-order valence-electron chi connectivity index (χ4n) is 7.89. The lowest BCUT2D eigenvalue weighted by molar-refractivity contribution is -0.123. The highest BCUT2D eigenvalue weighted by Crippen LogP contribution is 2.69. The molecule has 3 aromatic carbocycles. The van der Waals surface area contributed by atoms with Gasteiger partial charge in [-0.15, -0.1) is 11.8 Å². The number of fused-ring (bicyclic) bond motifs is 9. The first-order valence-electron chi connectivity index (χ1n) is 14.0. The lowest BCUT2D eigenvalue weighted by Crippen LogP contribution is -2.42. The Hall–Kier alpha value is -3.11. The first-order chi connectivity index (χ1) is 20.8. The van der Waals surface area contributed by atoms with E-state index in [1.165, 1.54) is 40.5 Å². The molecule has 2 aliphatic heterocycles. The molecule has 2 aliphatic carbocycles. The topological polar surface area (TPSA) is 79.5 Å². The van der Waals surface area contributed by atoms with Gasteiger partial charge in [0.25, 0.3) is 0 Å². The molecule has 2 saturated carbocycles. The highest BCUT2D eigenvalue weighted by molar-refractivity contribution is 8.00. The zero-order valence-electron chi connectivity index (χ0n) is 22.3. The van der Waals surface area contributed by atoms with Crippen LogP contribution in [0.5, 0.6) is 5.75 Å².